The molecule has 19 heavy (non-hydrogen) atoms. The van der Waals surface area contributed by atoms with Crippen LogP contribution in [0.2, 0.25) is 0 Å². The molecule has 0 radical (unpaired) electrons. The van der Waals surface area contributed by atoms with Crippen molar-refractivity contribution in [2.45, 2.75) is 38.3 Å². The smallest absolute Gasteiger partial charge is 0.242 e. The fraction of sp³-hybridized carbons (Fsp3) is 0.429. The molecule has 0 aliphatic carbocycles. The predicted octanol–water partition coefficient (Wildman–Crippen LogP) is 0.327. The predicted molar refractivity (Wildman–Crippen MR) is 74.2 cm³/mol. The third kappa shape index (κ3) is 4.71. The van der Waals surface area contributed by atoms with E-state index < -0.39 is 17.5 Å². The second-order valence-electron chi connectivity index (χ2n) is 5.11. The second-order valence-corrected chi connectivity index (χ2v) is 5.11. The van der Waals surface area contributed by atoms with Gasteiger partial charge in [0, 0.05) is 0 Å². The molecule has 1 aromatic carbocycles. The number of hydrogen-bond donors (Lipinski definition) is 3. The standard InChI is InChI=1S/C14H21N3O2/c1-14(2,13(16)19)17-12(18)11(15)9-8-10-6-4-3-5-7-10/h3-7,11H,8-9,15H2,1-2H3,(H2,16,19)(H,17,18)/t11-/m0/s1. The maximum atomic E-state index is 11.8. The van der Waals surface area contributed by atoms with Crippen LogP contribution in [0.3, 0.4) is 0 Å². The first-order valence-corrected chi connectivity index (χ1v) is 6.24. The van der Waals surface area contributed by atoms with Crippen LogP contribution in [-0.2, 0) is 16.0 Å². The van der Waals surface area contributed by atoms with E-state index in [1.807, 2.05) is 30.3 Å². The minimum absolute atomic E-state index is 0.361. The van der Waals surface area contributed by atoms with Crippen LogP contribution >= 0.6 is 0 Å². The molecule has 5 N–H and O–H groups in total. The van der Waals surface area contributed by atoms with Crippen molar-refractivity contribution < 1.29 is 9.59 Å². The largest absolute Gasteiger partial charge is 0.368 e. The van der Waals surface area contributed by atoms with Gasteiger partial charge in [-0.3, -0.25) is 9.59 Å². The number of nitrogens with one attached hydrogen (secondary N) is 1. The van der Waals surface area contributed by atoms with E-state index in [9.17, 15) is 9.59 Å². The number of aryl methyl sites for hydroxylation is 1. The van der Waals surface area contributed by atoms with Crippen LogP contribution in [0.1, 0.15) is 25.8 Å². The highest BCUT2D eigenvalue weighted by Gasteiger charge is 2.28. The lowest BCUT2D eigenvalue weighted by molar-refractivity contribution is -0.131. The minimum atomic E-state index is -1.08. The summed E-state index contributed by atoms with van der Waals surface area (Å²) in [7, 11) is 0. The number of carbonyl (C=O) groups excluding carboxylic acids is 2. The zero-order valence-corrected chi connectivity index (χ0v) is 11.3. The van der Waals surface area contributed by atoms with Gasteiger partial charge in [-0.1, -0.05) is 30.3 Å². The molecule has 5 heteroatoms. The molecule has 0 saturated heterocycles. The molecule has 0 saturated carbocycles. The van der Waals surface area contributed by atoms with Crippen LogP contribution < -0.4 is 16.8 Å². The van der Waals surface area contributed by atoms with E-state index in [4.69, 9.17) is 11.5 Å². The first-order chi connectivity index (χ1) is 8.83. The highest BCUT2D eigenvalue weighted by Crippen LogP contribution is 2.06. The number of amides is 2. The number of rotatable bonds is 6. The molecule has 0 bridgehead atoms. The lowest BCUT2D eigenvalue weighted by Crippen LogP contribution is -2.56. The Hall–Kier alpha value is -1.88. The summed E-state index contributed by atoms with van der Waals surface area (Å²) in [6.45, 7) is 3.11. The molecule has 0 fully saturated rings. The van der Waals surface area contributed by atoms with Gasteiger partial charge >= 0.3 is 0 Å². The molecule has 5 nitrogen and oxygen atoms in total. The minimum Gasteiger partial charge on any atom is -0.368 e. The van der Waals surface area contributed by atoms with Gasteiger partial charge in [0.1, 0.15) is 5.54 Å². The molecule has 0 aliphatic rings. The first kappa shape index (κ1) is 15.2. The van der Waals surface area contributed by atoms with Crippen LogP contribution in [0.25, 0.3) is 0 Å². The molecule has 1 aromatic rings. The molecule has 0 spiro atoms. The Morgan fingerprint density at radius 2 is 1.84 bits per heavy atom. The summed E-state index contributed by atoms with van der Waals surface area (Å²) in [4.78, 5) is 23.0. The van der Waals surface area contributed by atoms with E-state index in [-0.39, 0.29) is 5.91 Å². The van der Waals surface area contributed by atoms with E-state index in [1.165, 1.54) is 0 Å². The Balaban J connectivity index is 2.48. The van der Waals surface area contributed by atoms with Crippen molar-refractivity contribution in [2.75, 3.05) is 0 Å². The summed E-state index contributed by atoms with van der Waals surface area (Å²) < 4.78 is 0. The summed E-state index contributed by atoms with van der Waals surface area (Å²) in [5.41, 5.74) is 11.0. The van der Waals surface area contributed by atoms with Crippen LogP contribution in [0.15, 0.2) is 30.3 Å². The molecule has 0 heterocycles. The number of benzene rings is 1. The van der Waals surface area contributed by atoms with Crippen molar-refractivity contribution in [1.29, 1.82) is 0 Å². The Bertz CT molecular complexity index is 443. The summed E-state index contributed by atoms with van der Waals surface area (Å²) in [6.07, 6.45) is 1.23. The first-order valence-electron chi connectivity index (χ1n) is 6.24. The van der Waals surface area contributed by atoms with Gasteiger partial charge in [-0.15, -0.1) is 0 Å². The molecule has 0 unspecified atom stereocenters. The van der Waals surface area contributed by atoms with Gasteiger partial charge in [0.2, 0.25) is 11.8 Å². The maximum Gasteiger partial charge on any atom is 0.242 e. The number of nitrogens with two attached hydrogens (primary N) is 2. The van der Waals surface area contributed by atoms with E-state index in [1.54, 1.807) is 13.8 Å². The average molecular weight is 263 g/mol. The average Bonchev–Trinajstić information content (AvgIpc) is 2.36. The van der Waals surface area contributed by atoms with Gasteiger partial charge in [0.05, 0.1) is 6.04 Å². The zero-order chi connectivity index (χ0) is 14.5. The quantitative estimate of drug-likeness (QED) is 0.689. The number of primary amides is 1. The molecule has 0 aliphatic heterocycles. The van der Waals surface area contributed by atoms with Crippen LogP contribution in [0.4, 0.5) is 0 Å². The highest BCUT2D eigenvalue weighted by atomic mass is 16.2. The van der Waals surface area contributed by atoms with E-state index in [2.05, 4.69) is 5.32 Å². The van der Waals surface area contributed by atoms with Gasteiger partial charge in [0.15, 0.2) is 0 Å². The summed E-state index contributed by atoms with van der Waals surface area (Å²) >= 11 is 0. The van der Waals surface area contributed by atoms with Gasteiger partial charge in [-0.05, 0) is 32.3 Å². The number of carbonyl (C=O) groups is 2. The van der Waals surface area contributed by atoms with Crippen molar-refractivity contribution in [2.24, 2.45) is 11.5 Å². The summed E-state index contributed by atoms with van der Waals surface area (Å²) in [5.74, 6) is -0.948. The van der Waals surface area contributed by atoms with Crippen molar-refractivity contribution in [3.05, 3.63) is 35.9 Å². The lowest BCUT2D eigenvalue weighted by atomic mass is 10.0. The second kappa shape index (κ2) is 6.33. The van der Waals surface area contributed by atoms with Crippen LogP contribution in [0.5, 0.6) is 0 Å². The van der Waals surface area contributed by atoms with Gasteiger partial charge in [0.25, 0.3) is 0 Å². The molecular formula is C14H21N3O2. The zero-order valence-electron chi connectivity index (χ0n) is 11.3. The molecular weight excluding hydrogens is 242 g/mol. The molecule has 0 aromatic heterocycles. The van der Waals surface area contributed by atoms with E-state index in [0.29, 0.717) is 12.8 Å². The molecule has 1 atom stereocenters. The third-order valence-corrected chi connectivity index (χ3v) is 2.98. The molecule has 2 amide bonds. The van der Waals surface area contributed by atoms with Crippen molar-refractivity contribution >= 4 is 11.8 Å². The summed E-state index contributed by atoms with van der Waals surface area (Å²) in [6, 6.07) is 9.13. The van der Waals surface area contributed by atoms with Gasteiger partial charge in [-0.2, -0.15) is 0 Å². The van der Waals surface area contributed by atoms with Crippen molar-refractivity contribution in [1.82, 2.24) is 5.32 Å². The van der Waals surface area contributed by atoms with Crippen molar-refractivity contribution in [3.63, 3.8) is 0 Å². The third-order valence-electron chi connectivity index (χ3n) is 2.98. The Kier molecular flexibility index (Phi) is 5.06. The Morgan fingerprint density at radius 1 is 1.26 bits per heavy atom. The normalized spacial score (nSPS) is 12.8. The fourth-order valence-corrected chi connectivity index (χ4v) is 1.56. The number of hydrogen-bond acceptors (Lipinski definition) is 3. The summed E-state index contributed by atoms with van der Waals surface area (Å²) in [5, 5.41) is 2.55. The fourth-order valence-electron chi connectivity index (χ4n) is 1.56. The van der Waals surface area contributed by atoms with E-state index >= 15 is 0 Å². The van der Waals surface area contributed by atoms with Crippen LogP contribution in [0, 0.1) is 0 Å². The maximum absolute atomic E-state index is 11.8. The van der Waals surface area contributed by atoms with Crippen molar-refractivity contribution in [3.8, 4) is 0 Å². The topological polar surface area (TPSA) is 98.2 Å². The van der Waals surface area contributed by atoms with Gasteiger partial charge in [-0.25, -0.2) is 0 Å². The lowest BCUT2D eigenvalue weighted by Gasteiger charge is -2.24. The van der Waals surface area contributed by atoms with Crippen LogP contribution in [-0.4, -0.2) is 23.4 Å². The Labute approximate surface area is 113 Å². The SMILES string of the molecule is CC(C)(NC(=O)[C@@H](N)CCc1ccccc1)C(N)=O. The Morgan fingerprint density at radius 3 is 2.37 bits per heavy atom. The highest BCUT2D eigenvalue weighted by molar-refractivity contribution is 5.91. The molecule has 104 valence electrons. The monoisotopic (exact) mass is 263 g/mol. The van der Waals surface area contributed by atoms with Gasteiger partial charge < -0.3 is 16.8 Å². The molecule has 1 rings (SSSR count). The van der Waals surface area contributed by atoms with E-state index in [0.717, 1.165) is 5.56 Å².